The van der Waals surface area contributed by atoms with Crippen molar-refractivity contribution in [3.8, 4) is 11.5 Å². The molecule has 0 aromatic heterocycles. The van der Waals surface area contributed by atoms with Crippen LogP contribution < -0.4 is 20.5 Å². The second-order valence-corrected chi connectivity index (χ2v) is 5.23. The van der Waals surface area contributed by atoms with E-state index in [0.29, 0.717) is 18.0 Å². The third-order valence-corrected chi connectivity index (χ3v) is 3.32. The van der Waals surface area contributed by atoms with E-state index in [0.717, 1.165) is 23.2 Å². The lowest BCUT2D eigenvalue weighted by molar-refractivity contribution is -0.118. The van der Waals surface area contributed by atoms with Crippen molar-refractivity contribution in [2.75, 3.05) is 25.6 Å². The zero-order valence-electron chi connectivity index (χ0n) is 13.5. The van der Waals surface area contributed by atoms with Gasteiger partial charge in [0.2, 0.25) is 0 Å². The van der Waals surface area contributed by atoms with Crippen LogP contribution in [0.25, 0.3) is 0 Å². The molecule has 2 aromatic carbocycles. The van der Waals surface area contributed by atoms with Crippen molar-refractivity contribution in [3.05, 3.63) is 53.6 Å². The van der Waals surface area contributed by atoms with Crippen LogP contribution in [0, 0.1) is 6.92 Å². The summed E-state index contributed by atoms with van der Waals surface area (Å²) in [6.07, 6.45) is 0.768. The summed E-state index contributed by atoms with van der Waals surface area (Å²) in [4.78, 5) is 12.0. The summed E-state index contributed by atoms with van der Waals surface area (Å²) in [6.45, 7) is 2.46. The summed E-state index contributed by atoms with van der Waals surface area (Å²) < 4.78 is 10.9. The lowest BCUT2D eigenvalue weighted by Gasteiger charge is -2.12. The normalized spacial score (nSPS) is 10.2. The standard InChI is InChI=1S/C18H22N2O3/c1-13-4-3-5-15(10-13)20-18(21)12-23-16-7-6-14(8-9-19)11-17(16)22-2/h3-7,10-11H,8-9,12,19H2,1-2H3,(H,20,21). The minimum absolute atomic E-state index is 0.0828. The second-order valence-electron chi connectivity index (χ2n) is 5.23. The van der Waals surface area contributed by atoms with Crippen molar-refractivity contribution >= 4 is 11.6 Å². The minimum Gasteiger partial charge on any atom is -0.493 e. The van der Waals surface area contributed by atoms with Gasteiger partial charge in [-0.25, -0.2) is 0 Å². The van der Waals surface area contributed by atoms with Gasteiger partial charge in [-0.15, -0.1) is 0 Å². The van der Waals surface area contributed by atoms with Crippen molar-refractivity contribution in [2.45, 2.75) is 13.3 Å². The lowest BCUT2D eigenvalue weighted by atomic mass is 10.1. The van der Waals surface area contributed by atoms with E-state index in [-0.39, 0.29) is 12.5 Å². The van der Waals surface area contributed by atoms with E-state index in [1.807, 2.05) is 43.3 Å². The Morgan fingerprint density at radius 3 is 2.70 bits per heavy atom. The molecule has 0 radical (unpaired) electrons. The number of hydrogen-bond donors (Lipinski definition) is 2. The van der Waals surface area contributed by atoms with Crippen LogP contribution in [0.4, 0.5) is 5.69 Å². The molecule has 0 aliphatic heterocycles. The van der Waals surface area contributed by atoms with Crippen LogP contribution in [0.5, 0.6) is 11.5 Å². The van der Waals surface area contributed by atoms with Crippen molar-refractivity contribution < 1.29 is 14.3 Å². The van der Waals surface area contributed by atoms with Crippen LogP contribution in [0.2, 0.25) is 0 Å². The molecule has 2 aromatic rings. The summed E-state index contributed by atoms with van der Waals surface area (Å²) in [7, 11) is 1.57. The molecule has 23 heavy (non-hydrogen) atoms. The molecule has 3 N–H and O–H groups in total. The van der Waals surface area contributed by atoms with Gasteiger partial charge in [0, 0.05) is 5.69 Å². The highest BCUT2D eigenvalue weighted by Gasteiger charge is 2.09. The molecule has 0 saturated carbocycles. The number of amides is 1. The van der Waals surface area contributed by atoms with Gasteiger partial charge >= 0.3 is 0 Å². The Morgan fingerprint density at radius 1 is 1.17 bits per heavy atom. The Labute approximate surface area is 136 Å². The SMILES string of the molecule is COc1cc(CCN)ccc1OCC(=O)Nc1cccc(C)c1. The van der Waals surface area contributed by atoms with Crippen LogP contribution in [0.15, 0.2) is 42.5 Å². The molecule has 0 aliphatic rings. The zero-order valence-corrected chi connectivity index (χ0v) is 13.5. The average Bonchev–Trinajstić information content (AvgIpc) is 2.54. The first-order valence-electron chi connectivity index (χ1n) is 7.48. The third-order valence-electron chi connectivity index (χ3n) is 3.32. The average molecular weight is 314 g/mol. The van der Waals surface area contributed by atoms with Gasteiger partial charge in [0.15, 0.2) is 18.1 Å². The van der Waals surface area contributed by atoms with Gasteiger partial charge in [-0.3, -0.25) is 4.79 Å². The fraction of sp³-hybridized carbons (Fsp3) is 0.278. The van der Waals surface area contributed by atoms with E-state index < -0.39 is 0 Å². The van der Waals surface area contributed by atoms with E-state index in [9.17, 15) is 4.79 Å². The molecule has 122 valence electrons. The minimum atomic E-state index is -0.219. The maximum Gasteiger partial charge on any atom is 0.262 e. The Morgan fingerprint density at radius 2 is 2.00 bits per heavy atom. The summed E-state index contributed by atoms with van der Waals surface area (Å²) in [5, 5.41) is 2.80. The van der Waals surface area contributed by atoms with Crippen molar-refractivity contribution in [3.63, 3.8) is 0 Å². The van der Waals surface area contributed by atoms with Gasteiger partial charge in [0.25, 0.3) is 5.91 Å². The van der Waals surface area contributed by atoms with E-state index >= 15 is 0 Å². The number of benzene rings is 2. The smallest absolute Gasteiger partial charge is 0.262 e. The predicted octanol–water partition coefficient (Wildman–Crippen LogP) is 2.52. The molecule has 0 saturated heterocycles. The molecule has 0 bridgehead atoms. The maximum atomic E-state index is 12.0. The molecule has 0 heterocycles. The highest BCUT2D eigenvalue weighted by Crippen LogP contribution is 2.28. The van der Waals surface area contributed by atoms with Gasteiger partial charge in [-0.1, -0.05) is 18.2 Å². The molecule has 0 atom stereocenters. The van der Waals surface area contributed by atoms with Crippen LogP contribution in [0.3, 0.4) is 0 Å². The number of rotatable bonds is 7. The third kappa shape index (κ3) is 5.00. The Bertz CT molecular complexity index is 671. The van der Waals surface area contributed by atoms with E-state index in [4.69, 9.17) is 15.2 Å². The number of hydrogen-bond acceptors (Lipinski definition) is 4. The maximum absolute atomic E-state index is 12.0. The summed E-state index contributed by atoms with van der Waals surface area (Å²) in [5.74, 6) is 0.913. The first kappa shape index (κ1) is 16.8. The molecule has 1 amide bonds. The lowest BCUT2D eigenvalue weighted by Crippen LogP contribution is -2.20. The number of methoxy groups -OCH3 is 1. The highest BCUT2D eigenvalue weighted by atomic mass is 16.5. The van der Waals surface area contributed by atoms with Crippen LogP contribution in [-0.4, -0.2) is 26.2 Å². The Balaban J connectivity index is 1.95. The number of carbonyl (C=O) groups excluding carboxylic acids is 1. The highest BCUT2D eigenvalue weighted by molar-refractivity contribution is 5.91. The number of anilines is 1. The van der Waals surface area contributed by atoms with Crippen molar-refractivity contribution in [2.24, 2.45) is 5.73 Å². The molecular weight excluding hydrogens is 292 g/mol. The largest absolute Gasteiger partial charge is 0.493 e. The predicted molar refractivity (Wildman–Crippen MR) is 91.1 cm³/mol. The first-order chi connectivity index (χ1) is 11.1. The number of nitrogens with one attached hydrogen (secondary N) is 1. The van der Waals surface area contributed by atoms with Gasteiger partial charge < -0.3 is 20.5 Å². The van der Waals surface area contributed by atoms with Gasteiger partial charge in [0.1, 0.15) is 0 Å². The summed E-state index contributed by atoms with van der Waals surface area (Å²) in [5.41, 5.74) is 8.46. The van der Waals surface area contributed by atoms with Gasteiger partial charge in [0.05, 0.1) is 7.11 Å². The quantitative estimate of drug-likeness (QED) is 0.823. The summed E-state index contributed by atoms with van der Waals surface area (Å²) in [6, 6.07) is 13.2. The monoisotopic (exact) mass is 314 g/mol. The first-order valence-corrected chi connectivity index (χ1v) is 7.48. The van der Waals surface area contributed by atoms with Gasteiger partial charge in [-0.05, 0) is 55.3 Å². The van der Waals surface area contributed by atoms with Crippen LogP contribution >= 0.6 is 0 Å². The zero-order chi connectivity index (χ0) is 16.7. The molecule has 5 heteroatoms. The van der Waals surface area contributed by atoms with Gasteiger partial charge in [-0.2, -0.15) is 0 Å². The molecular formula is C18H22N2O3. The number of carbonyl (C=O) groups is 1. The fourth-order valence-corrected chi connectivity index (χ4v) is 2.22. The number of aryl methyl sites for hydroxylation is 1. The molecule has 5 nitrogen and oxygen atoms in total. The number of ether oxygens (including phenoxy) is 2. The molecule has 0 aliphatic carbocycles. The van der Waals surface area contributed by atoms with E-state index in [1.165, 1.54) is 0 Å². The van der Waals surface area contributed by atoms with Crippen molar-refractivity contribution in [1.82, 2.24) is 0 Å². The van der Waals surface area contributed by atoms with Crippen LogP contribution in [-0.2, 0) is 11.2 Å². The Kier molecular flexibility index (Phi) is 6.00. The van der Waals surface area contributed by atoms with E-state index in [1.54, 1.807) is 13.2 Å². The molecule has 0 fully saturated rings. The topological polar surface area (TPSA) is 73.6 Å². The second kappa shape index (κ2) is 8.19. The molecule has 0 unspecified atom stereocenters. The summed E-state index contributed by atoms with van der Waals surface area (Å²) >= 11 is 0. The fourth-order valence-electron chi connectivity index (χ4n) is 2.22. The van der Waals surface area contributed by atoms with Crippen LogP contribution in [0.1, 0.15) is 11.1 Å². The molecule has 2 rings (SSSR count). The number of nitrogens with two attached hydrogens (primary N) is 1. The Hall–Kier alpha value is -2.53. The molecule has 0 spiro atoms. The van der Waals surface area contributed by atoms with Crippen molar-refractivity contribution in [1.29, 1.82) is 0 Å². The van der Waals surface area contributed by atoms with E-state index in [2.05, 4.69) is 5.32 Å².